The van der Waals surface area contributed by atoms with E-state index in [0.29, 0.717) is 0 Å². The minimum atomic E-state index is -3.33. The Labute approximate surface area is 120 Å². The zero-order valence-electron chi connectivity index (χ0n) is 10.8. The third-order valence-corrected chi connectivity index (χ3v) is 4.15. The molecule has 1 aliphatic carbocycles. The Morgan fingerprint density at radius 3 is 0.688 bits per heavy atom. The maximum atomic E-state index is 5.04. The molecule has 0 aromatic carbocycles. The molecular formula is C11H23Cl4Ta-. The quantitative estimate of drug-likeness (QED) is 0.355. The van der Waals surface area contributed by atoms with E-state index < -0.39 is 12.8 Å². The van der Waals surface area contributed by atoms with Crippen LogP contribution in [0.2, 0.25) is 0 Å². The average molecular weight is 478 g/mol. The summed E-state index contributed by atoms with van der Waals surface area (Å²) in [6.07, 6.45) is 0. The molecule has 5 heteroatoms. The molecule has 101 valence electrons. The summed E-state index contributed by atoms with van der Waals surface area (Å²) in [4.78, 5) is 0. The van der Waals surface area contributed by atoms with E-state index >= 15 is 0 Å². The fraction of sp³-hybridized carbons (Fsp3) is 0.909. The van der Waals surface area contributed by atoms with E-state index in [1.165, 1.54) is 0 Å². The molecule has 0 saturated heterocycles. The Morgan fingerprint density at radius 1 is 0.562 bits per heavy atom. The number of rotatable bonds is 0. The van der Waals surface area contributed by atoms with Crippen LogP contribution in [0.4, 0.5) is 0 Å². The van der Waals surface area contributed by atoms with E-state index in [4.69, 9.17) is 36.8 Å². The molecule has 0 aliphatic heterocycles. The minimum absolute atomic E-state index is 0. The monoisotopic (exact) mass is 476 g/mol. The van der Waals surface area contributed by atoms with Gasteiger partial charge in [0.2, 0.25) is 0 Å². The molecule has 0 spiro atoms. The van der Waals surface area contributed by atoms with Gasteiger partial charge in [0.25, 0.3) is 0 Å². The first kappa shape index (κ1) is 20.2. The van der Waals surface area contributed by atoms with Crippen molar-refractivity contribution in [3.8, 4) is 0 Å². The fourth-order valence-corrected chi connectivity index (χ4v) is 2.39. The summed E-state index contributed by atoms with van der Waals surface area (Å²) in [5.74, 6) is 4.68. The van der Waals surface area contributed by atoms with Gasteiger partial charge in [-0.3, -0.25) is 0 Å². The summed E-state index contributed by atoms with van der Waals surface area (Å²) in [5.41, 5.74) is 0. The normalized spacial score (nSPS) is 38.4. The van der Waals surface area contributed by atoms with Crippen LogP contribution in [0.15, 0.2) is 0 Å². The summed E-state index contributed by atoms with van der Waals surface area (Å²) in [7, 11) is 20.2. The summed E-state index contributed by atoms with van der Waals surface area (Å²) in [6, 6.07) is 0. The molecule has 0 nitrogen and oxygen atoms in total. The molecule has 1 saturated carbocycles. The predicted molar refractivity (Wildman–Crippen MR) is 75.6 cm³/mol. The van der Waals surface area contributed by atoms with Crippen LogP contribution in [0.3, 0.4) is 0 Å². The first-order valence-corrected chi connectivity index (χ1v) is 21.2. The van der Waals surface area contributed by atoms with Gasteiger partial charge in [-0.15, -0.1) is 0 Å². The molecule has 0 unspecified atom stereocenters. The molecular weight excluding hydrogens is 455 g/mol. The molecule has 0 heterocycles. The molecule has 0 atom stereocenters. The number of halogens is 4. The van der Waals surface area contributed by atoms with E-state index in [9.17, 15) is 0 Å². The van der Waals surface area contributed by atoms with Crippen molar-refractivity contribution in [2.75, 3.05) is 0 Å². The van der Waals surface area contributed by atoms with Crippen molar-refractivity contribution in [3.05, 3.63) is 7.43 Å². The van der Waals surface area contributed by atoms with Crippen LogP contribution in [0.1, 0.15) is 34.6 Å². The molecule has 0 amide bonds. The van der Waals surface area contributed by atoms with Gasteiger partial charge < -0.3 is 7.43 Å². The predicted octanol–water partition coefficient (Wildman–Crippen LogP) is 6.39. The van der Waals surface area contributed by atoms with Crippen molar-refractivity contribution >= 4 is 36.8 Å². The summed E-state index contributed by atoms with van der Waals surface area (Å²) < 4.78 is 0. The second-order valence-corrected chi connectivity index (χ2v) is 32.5. The molecule has 16 heavy (non-hydrogen) atoms. The van der Waals surface area contributed by atoms with Gasteiger partial charge in [0.05, 0.1) is 0 Å². The Balaban J connectivity index is 0. The SMILES string of the molecule is CC1C(C)C(C)C(C)C1C.[CH3-].[Cl][Ta]([Cl])([Cl])[Cl]. The van der Waals surface area contributed by atoms with Gasteiger partial charge in [-0.1, -0.05) is 34.6 Å². The van der Waals surface area contributed by atoms with Crippen LogP contribution >= 0.6 is 36.8 Å². The van der Waals surface area contributed by atoms with Crippen LogP contribution < -0.4 is 0 Å². The van der Waals surface area contributed by atoms with E-state index in [1.807, 2.05) is 0 Å². The summed E-state index contributed by atoms with van der Waals surface area (Å²) >= 11 is -3.33. The third-order valence-electron chi connectivity index (χ3n) is 4.15. The summed E-state index contributed by atoms with van der Waals surface area (Å²) in [6.45, 7) is 12.0. The second-order valence-electron chi connectivity index (χ2n) is 4.68. The first-order chi connectivity index (χ1) is 6.55. The Kier molecular flexibility index (Phi) is 10.3. The molecule has 0 aromatic heterocycles. The zero-order chi connectivity index (χ0) is 12.4. The van der Waals surface area contributed by atoms with Gasteiger partial charge in [-0.2, -0.15) is 0 Å². The number of hydrogen-bond acceptors (Lipinski definition) is 0. The third kappa shape index (κ3) is 7.36. The van der Waals surface area contributed by atoms with E-state index in [2.05, 4.69) is 34.6 Å². The van der Waals surface area contributed by atoms with Crippen molar-refractivity contribution in [2.24, 2.45) is 29.6 Å². The van der Waals surface area contributed by atoms with Crippen molar-refractivity contribution in [2.45, 2.75) is 34.6 Å². The molecule has 0 aromatic rings. The number of hydrogen-bond donors (Lipinski definition) is 0. The van der Waals surface area contributed by atoms with E-state index in [0.717, 1.165) is 29.6 Å². The summed E-state index contributed by atoms with van der Waals surface area (Å²) in [5, 5.41) is 0. The van der Waals surface area contributed by atoms with Crippen molar-refractivity contribution in [3.63, 3.8) is 0 Å². The Bertz CT molecular complexity index is 142. The van der Waals surface area contributed by atoms with Crippen LogP contribution in [0.25, 0.3) is 0 Å². The van der Waals surface area contributed by atoms with Gasteiger partial charge in [0.15, 0.2) is 0 Å². The van der Waals surface area contributed by atoms with Crippen LogP contribution in [-0.4, -0.2) is 0 Å². The molecule has 0 radical (unpaired) electrons. The average Bonchev–Trinajstić information content (AvgIpc) is 2.21. The maximum absolute atomic E-state index is 5.04. The standard InChI is InChI=1S/C10H20.CH3.4ClH.Ta/c1-6-7(2)9(4)10(5)8(6)3;;;;;;/h6-10H,1-5H3;1H3;4*1H;/q;-1;;;;;+4/p-4. The molecule has 1 rings (SSSR count). The van der Waals surface area contributed by atoms with Crippen LogP contribution in [-0.2, 0) is 12.8 Å². The van der Waals surface area contributed by atoms with Crippen molar-refractivity contribution in [1.29, 1.82) is 0 Å². The second kappa shape index (κ2) is 8.15. The Morgan fingerprint density at radius 2 is 0.625 bits per heavy atom. The first-order valence-electron chi connectivity index (χ1n) is 5.23. The van der Waals surface area contributed by atoms with E-state index in [1.54, 1.807) is 0 Å². The van der Waals surface area contributed by atoms with Gasteiger partial charge in [0, 0.05) is 0 Å². The van der Waals surface area contributed by atoms with Crippen molar-refractivity contribution < 1.29 is 12.8 Å². The van der Waals surface area contributed by atoms with Crippen LogP contribution in [0, 0.1) is 37.0 Å². The molecule has 0 bridgehead atoms. The Hall–Kier alpha value is 1.90. The topological polar surface area (TPSA) is 0 Å². The fourth-order valence-electron chi connectivity index (χ4n) is 2.39. The zero-order valence-corrected chi connectivity index (χ0v) is 17.1. The van der Waals surface area contributed by atoms with Crippen molar-refractivity contribution in [1.82, 2.24) is 0 Å². The van der Waals surface area contributed by atoms with Gasteiger partial charge in [-0.05, 0) is 29.6 Å². The molecule has 0 N–H and O–H groups in total. The molecule has 1 fully saturated rings. The van der Waals surface area contributed by atoms with Gasteiger partial charge in [-0.25, -0.2) is 0 Å². The van der Waals surface area contributed by atoms with Gasteiger partial charge in [0.1, 0.15) is 0 Å². The van der Waals surface area contributed by atoms with Gasteiger partial charge >= 0.3 is 49.6 Å². The van der Waals surface area contributed by atoms with Crippen LogP contribution in [0.5, 0.6) is 0 Å². The van der Waals surface area contributed by atoms with E-state index in [-0.39, 0.29) is 7.43 Å². The molecule has 1 aliphatic rings.